The van der Waals surface area contributed by atoms with E-state index in [2.05, 4.69) is 134 Å². The molecule has 6 aromatic carbocycles. The van der Waals surface area contributed by atoms with Crippen molar-refractivity contribution >= 4 is 44.5 Å². The maximum Gasteiger partial charge on any atom is -0.000878 e. The highest BCUT2D eigenvalue weighted by molar-refractivity contribution is 6.16. The average Bonchev–Trinajstić information content (AvgIpc) is 2.96. The molecule has 0 aromatic heterocycles. The Bertz CT molecular complexity index is 1940. The van der Waals surface area contributed by atoms with Crippen molar-refractivity contribution < 1.29 is 0 Å². The van der Waals surface area contributed by atoms with Gasteiger partial charge in [0.1, 0.15) is 0 Å². The van der Waals surface area contributed by atoms with Gasteiger partial charge in [0.25, 0.3) is 0 Å². The smallest absolute Gasteiger partial charge is 0.000878 e. The van der Waals surface area contributed by atoms with Gasteiger partial charge in [-0.1, -0.05) is 115 Å². The predicted molar refractivity (Wildman–Crippen MR) is 155 cm³/mol. The molecular formula is C36H24. The average molecular weight is 457 g/mol. The minimum absolute atomic E-state index is 1.03. The zero-order valence-electron chi connectivity index (χ0n) is 20.2. The van der Waals surface area contributed by atoms with E-state index in [0.29, 0.717) is 0 Å². The quantitative estimate of drug-likeness (QED) is 0.183. The summed E-state index contributed by atoms with van der Waals surface area (Å²) in [5.74, 6) is 0. The van der Waals surface area contributed by atoms with E-state index in [-0.39, 0.29) is 0 Å². The summed E-state index contributed by atoms with van der Waals surface area (Å²) in [5, 5.41) is 7.62. The molecule has 0 unspecified atom stereocenters. The summed E-state index contributed by atoms with van der Waals surface area (Å²) in [6, 6.07) is 37.9. The number of rotatable bonds is 3. The van der Waals surface area contributed by atoms with Crippen molar-refractivity contribution in [1.82, 2.24) is 0 Å². The summed E-state index contributed by atoms with van der Waals surface area (Å²) in [4.78, 5) is 0. The molecule has 0 atom stereocenters. The van der Waals surface area contributed by atoms with Crippen LogP contribution in [0.3, 0.4) is 0 Å². The van der Waals surface area contributed by atoms with Gasteiger partial charge in [-0.05, 0) is 95.9 Å². The molecular weight excluding hydrogens is 432 g/mol. The van der Waals surface area contributed by atoms with Crippen molar-refractivity contribution in [2.75, 3.05) is 0 Å². The lowest BCUT2D eigenvalue weighted by molar-refractivity contribution is 1.14. The first-order chi connectivity index (χ1) is 17.8. The molecule has 0 heterocycles. The van der Waals surface area contributed by atoms with Crippen LogP contribution >= 0.6 is 0 Å². The van der Waals surface area contributed by atoms with Crippen LogP contribution in [0.15, 0.2) is 115 Å². The monoisotopic (exact) mass is 456 g/mol. The molecule has 0 spiro atoms. The van der Waals surface area contributed by atoms with Crippen LogP contribution in [0.2, 0.25) is 0 Å². The lowest BCUT2D eigenvalue weighted by Crippen LogP contribution is -1.92. The zero-order valence-corrected chi connectivity index (χ0v) is 20.2. The molecule has 0 saturated carbocycles. The van der Waals surface area contributed by atoms with E-state index >= 15 is 0 Å². The summed E-state index contributed by atoms with van der Waals surface area (Å²) in [6.45, 7) is 2.22. The first-order valence-electron chi connectivity index (χ1n) is 12.6. The van der Waals surface area contributed by atoms with Gasteiger partial charge in [0.05, 0.1) is 0 Å². The second-order valence-corrected chi connectivity index (χ2v) is 9.47. The highest BCUT2D eigenvalue weighted by atomic mass is 14.2. The Hall–Kier alpha value is -4.60. The fraction of sp³-hybridized carbons (Fsp3) is 0.0556. The van der Waals surface area contributed by atoms with E-state index < -0.39 is 0 Å². The standard InChI is InChI=1S/C36H24/c1-2-24-10-9-12-27(22-24)36-28-13-4-3-11-25(28)18-20-29(36)26-19-21-34-32-16-6-5-14-30(32)31-15-7-8-17-33(31)35(34)23-26/h3-4,7-23H,2H2,1H3. The van der Waals surface area contributed by atoms with Crippen LogP contribution < -0.4 is 0 Å². The molecule has 0 saturated heterocycles. The molecule has 7 rings (SSSR count). The van der Waals surface area contributed by atoms with E-state index in [9.17, 15) is 0 Å². The topological polar surface area (TPSA) is 0 Å². The van der Waals surface area contributed by atoms with E-state index in [4.69, 9.17) is 0 Å². The van der Waals surface area contributed by atoms with Gasteiger partial charge in [0.2, 0.25) is 0 Å². The molecule has 0 heteroatoms. The normalized spacial score (nSPS) is 12.0. The Morgan fingerprint density at radius 2 is 1.25 bits per heavy atom. The Labute approximate surface area is 211 Å². The molecule has 0 aliphatic heterocycles. The van der Waals surface area contributed by atoms with Gasteiger partial charge in [-0.3, -0.25) is 0 Å². The number of hydrogen-bond donors (Lipinski definition) is 0. The van der Waals surface area contributed by atoms with Gasteiger partial charge in [-0.25, -0.2) is 0 Å². The summed E-state index contributed by atoms with van der Waals surface area (Å²) < 4.78 is 0. The maximum absolute atomic E-state index is 3.18. The SMILES string of the molecule is CCc1cccc(-c2c(-c3ccc4c5c(c6ccccc6c4c3)C=C=C=C5)ccc3ccccc23)c1. The third-order valence-electron chi connectivity index (χ3n) is 7.49. The van der Waals surface area contributed by atoms with Gasteiger partial charge in [-0.15, -0.1) is 0 Å². The minimum Gasteiger partial charge on any atom is -0.0696 e. The zero-order chi connectivity index (χ0) is 24.1. The fourth-order valence-electron chi connectivity index (χ4n) is 5.72. The van der Waals surface area contributed by atoms with Crippen molar-refractivity contribution in [3.05, 3.63) is 131 Å². The molecule has 168 valence electrons. The lowest BCUT2D eigenvalue weighted by atomic mass is 9.86. The highest BCUT2D eigenvalue weighted by Crippen LogP contribution is 2.42. The molecule has 0 radical (unpaired) electrons. The lowest BCUT2D eigenvalue weighted by Gasteiger charge is -2.17. The van der Waals surface area contributed by atoms with Gasteiger partial charge >= 0.3 is 0 Å². The molecule has 0 amide bonds. The summed E-state index contributed by atoms with van der Waals surface area (Å²) in [6.07, 6.45) is 5.16. The van der Waals surface area contributed by atoms with Crippen LogP contribution in [0.4, 0.5) is 0 Å². The second-order valence-electron chi connectivity index (χ2n) is 9.47. The van der Waals surface area contributed by atoms with Crippen LogP contribution in [0.5, 0.6) is 0 Å². The third-order valence-corrected chi connectivity index (χ3v) is 7.49. The molecule has 0 N–H and O–H groups in total. The molecule has 6 aromatic rings. The molecule has 36 heavy (non-hydrogen) atoms. The highest BCUT2D eigenvalue weighted by Gasteiger charge is 2.16. The Morgan fingerprint density at radius 3 is 2.06 bits per heavy atom. The first kappa shape index (κ1) is 20.7. The van der Waals surface area contributed by atoms with Crippen molar-refractivity contribution in [3.8, 4) is 22.3 Å². The van der Waals surface area contributed by atoms with Crippen LogP contribution in [0.25, 0.3) is 66.7 Å². The third kappa shape index (κ3) is 3.18. The van der Waals surface area contributed by atoms with Gasteiger partial charge < -0.3 is 0 Å². The fourth-order valence-corrected chi connectivity index (χ4v) is 5.72. The number of fused-ring (bicyclic) bond motifs is 7. The van der Waals surface area contributed by atoms with Crippen LogP contribution in [0, 0.1) is 0 Å². The van der Waals surface area contributed by atoms with Gasteiger partial charge in [-0.2, -0.15) is 0 Å². The van der Waals surface area contributed by atoms with E-state index in [1.54, 1.807) is 0 Å². The molecule has 1 aliphatic carbocycles. The number of aryl methyl sites for hydroxylation is 1. The van der Waals surface area contributed by atoms with Crippen molar-refractivity contribution in [2.45, 2.75) is 13.3 Å². The Morgan fingerprint density at radius 1 is 0.528 bits per heavy atom. The molecule has 1 aliphatic rings. The van der Waals surface area contributed by atoms with Crippen molar-refractivity contribution in [1.29, 1.82) is 0 Å². The Balaban J connectivity index is 1.56. The number of hydrogen-bond acceptors (Lipinski definition) is 0. The van der Waals surface area contributed by atoms with Gasteiger partial charge in [0, 0.05) is 0 Å². The summed E-state index contributed by atoms with van der Waals surface area (Å²) >= 11 is 0. The van der Waals surface area contributed by atoms with Crippen LogP contribution in [-0.4, -0.2) is 0 Å². The number of benzene rings is 6. The Kier molecular flexibility index (Phi) is 4.76. The largest absolute Gasteiger partial charge is 0.0696 e. The molecule has 0 bridgehead atoms. The molecule has 0 nitrogen and oxygen atoms in total. The van der Waals surface area contributed by atoms with Crippen LogP contribution in [-0.2, 0) is 6.42 Å². The van der Waals surface area contributed by atoms with E-state index in [1.165, 1.54) is 71.3 Å². The summed E-state index contributed by atoms with van der Waals surface area (Å²) in [7, 11) is 0. The second kappa shape index (κ2) is 8.26. The van der Waals surface area contributed by atoms with E-state index in [1.807, 2.05) is 0 Å². The minimum atomic E-state index is 1.03. The van der Waals surface area contributed by atoms with E-state index in [0.717, 1.165) is 6.42 Å². The summed E-state index contributed by atoms with van der Waals surface area (Å²) in [5.41, 5.74) is 15.2. The van der Waals surface area contributed by atoms with Crippen LogP contribution in [0.1, 0.15) is 23.6 Å². The van der Waals surface area contributed by atoms with Crippen molar-refractivity contribution in [2.24, 2.45) is 0 Å². The first-order valence-corrected chi connectivity index (χ1v) is 12.6. The predicted octanol–water partition coefficient (Wildman–Crippen LogP) is 9.84. The molecule has 0 fully saturated rings. The van der Waals surface area contributed by atoms with Crippen molar-refractivity contribution in [3.63, 3.8) is 0 Å². The van der Waals surface area contributed by atoms with Gasteiger partial charge in [0.15, 0.2) is 0 Å². The maximum atomic E-state index is 3.18.